The van der Waals surface area contributed by atoms with Crippen LogP contribution in [0.2, 0.25) is 0 Å². The summed E-state index contributed by atoms with van der Waals surface area (Å²) in [5.74, 6) is 1.86. The third-order valence-corrected chi connectivity index (χ3v) is 3.81. The van der Waals surface area contributed by atoms with Crippen LogP contribution in [0.3, 0.4) is 0 Å². The largest absolute Gasteiger partial charge is 0.486 e. The molecule has 0 fully saturated rings. The molecule has 108 valence electrons. The van der Waals surface area contributed by atoms with E-state index in [0.717, 1.165) is 23.5 Å². The van der Waals surface area contributed by atoms with Crippen LogP contribution >= 0.6 is 0 Å². The number of benzene rings is 2. The minimum absolute atomic E-state index is 0.409. The van der Waals surface area contributed by atoms with E-state index < -0.39 is 0 Å². The van der Waals surface area contributed by atoms with Gasteiger partial charge in [0.1, 0.15) is 18.2 Å². The zero-order valence-electron chi connectivity index (χ0n) is 12.5. The summed E-state index contributed by atoms with van der Waals surface area (Å²) in [5, 5.41) is 0. The first-order valence-corrected chi connectivity index (χ1v) is 7.43. The van der Waals surface area contributed by atoms with Gasteiger partial charge < -0.3 is 9.30 Å². The molecule has 3 nitrogen and oxygen atoms in total. The standard InChI is InChI=1S/C18H20N2O/c1-3-14(2)20-17-12-8-7-11-16(17)19-18(20)13-21-15-9-5-4-6-10-15/h4-12,14H,3,13H2,1-2H3/t14-/m0/s1. The van der Waals surface area contributed by atoms with Crippen LogP contribution in [0.1, 0.15) is 32.1 Å². The molecule has 0 radical (unpaired) electrons. The van der Waals surface area contributed by atoms with Crippen LogP contribution in [0.15, 0.2) is 54.6 Å². The molecule has 1 aromatic heterocycles. The maximum Gasteiger partial charge on any atom is 0.148 e. The lowest BCUT2D eigenvalue weighted by atomic mass is 10.2. The SMILES string of the molecule is CC[C@H](C)n1c(COc2ccccc2)nc2ccccc21. The van der Waals surface area contributed by atoms with E-state index in [1.54, 1.807) is 0 Å². The Morgan fingerprint density at radius 1 is 1.05 bits per heavy atom. The number of imidazole rings is 1. The number of hydrogen-bond donors (Lipinski definition) is 0. The zero-order valence-corrected chi connectivity index (χ0v) is 12.5. The number of rotatable bonds is 5. The second kappa shape index (κ2) is 6.00. The smallest absolute Gasteiger partial charge is 0.148 e. The number of nitrogens with zero attached hydrogens (tertiary/aromatic N) is 2. The molecule has 0 aliphatic carbocycles. The zero-order chi connectivity index (χ0) is 14.7. The Morgan fingerprint density at radius 3 is 2.52 bits per heavy atom. The molecule has 0 saturated heterocycles. The number of fused-ring (bicyclic) bond motifs is 1. The van der Waals surface area contributed by atoms with Gasteiger partial charge >= 0.3 is 0 Å². The molecule has 0 aliphatic heterocycles. The van der Waals surface area contributed by atoms with Crippen molar-refractivity contribution in [3.05, 3.63) is 60.4 Å². The van der Waals surface area contributed by atoms with Gasteiger partial charge in [0.15, 0.2) is 0 Å². The molecule has 0 N–H and O–H groups in total. The summed E-state index contributed by atoms with van der Waals surface area (Å²) >= 11 is 0. The van der Waals surface area contributed by atoms with Gasteiger partial charge in [-0.05, 0) is 37.6 Å². The monoisotopic (exact) mass is 280 g/mol. The van der Waals surface area contributed by atoms with Crippen molar-refractivity contribution in [2.24, 2.45) is 0 Å². The van der Waals surface area contributed by atoms with Crippen molar-refractivity contribution < 1.29 is 4.74 Å². The molecule has 1 atom stereocenters. The molecule has 0 bridgehead atoms. The number of ether oxygens (including phenoxy) is 1. The van der Waals surface area contributed by atoms with Gasteiger partial charge in [0.2, 0.25) is 0 Å². The van der Waals surface area contributed by atoms with E-state index in [1.807, 2.05) is 36.4 Å². The van der Waals surface area contributed by atoms with Crippen LogP contribution in [0, 0.1) is 0 Å². The lowest BCUT2D eigenvalue weighted by Gasteiger charge is -2.16. The Hall–Kier alpha value is -2.29. The molecule has 2 aromatic carbocycles. The van der Waals surface area contributed by atoms with Crippen molar-refractivity contribution in [2.45, 2.75) is 32.9 Å². The predicted molar refractivity (Wildman–Crippen MR) is 85.5 cm³/mol. The van der Waals surface area contributed by atoms with Crippen molar-refractivity contribution in [1.29, 1.82) is 0 Å². The van der Waals surface area contributed by atoms with Crippen molar-refractivity contribution >= 4 is 11.0 Å². The first-order chi connectivity index (χ1) is 10.3. The normalized spacial score (nSPS) is 12.5. The van der Waals surface area contributed by atoms with E-state index in [4.69, 9.17) is 9.72 Å². The second-order valence-electron chi connectivity index (χ2n) is 5.25. The topological polar surface area (TPSA) is 27.1 Å². The van der Waals surface area contributed by atoms with Gasteiger partial charge in [-0.25, -0.2) is 4.98 Å². The molecule has 21 heavy (non-hydrogen) atoms. The molecule has 0 spiro atoms. The fraction of sp³-hybridized carbons (Fsp3) is 0.278. The van der Waals surface area contributed by atoms with Gasteiger partial charge in [-0.15, -0.1) is 0 Å². The lowest BCUT2D eigenvalue weighted by Crippen LogP contribution is -2.11. The minimum Gasteiger partial charge on any atom is -0.486 e. The maximum atomic E-state index is 5.87. The Kier molecular flexibility index (Phi) is 3.91. The molecule has 0 amide bonds. The van der Waals surface area contributed by atoms with E-state index >= 15 is 0 Å². The molecule has 0 aliphatic rings. The van der Waals surface area contributed by atoms with E-state index in [1.165, 1.54) is 5.52 Å². The highest BCUT2D eigenvalue weighted by Gasteiger charge is 2.14. The Bertz CT molecular complexity index is 718. The van der Waals surface area contributed by atoms with Crippen LogP contribution in [0.25, 0.3) is 11.0 Å². The van der Waals surface area contributed by atoms with Gasteiger partial charge in [-0.3, -0.25) is 0 Å². The van der Waals surface area contributed by atoms with Crippen molar-refractivity contribution in [3.63, 3.8) is 0 Å². The lowest BCUT2D eigenvalue weighted by molar-refractivity contribution is 0.286. The highest BCUT2D eigenvalue weighted by Crippen LogP contribution is 2.24. The van der Waals surface area contributed by atoms with E-state index in [2.05, 4.69) is 36.6 Å². The Balaban J connectivity index is 1.93. The van der Waals surface area contributed by atoms with Gasteiger partial charge in [-0.2, -0.15) is 0 Å². The van der Waals surface area contributed by atoms with Crippen LogP contribution in [0.4, 0.5) is 0 Å². The Morgan fingerprint density at radius 2 is 1.76 bits per heavy atom. The quantitative estimate of drug-likeness (QED) is 0.683. The first-order valence-electron chi connectivity index (χ1n) is 7.43. The molecule has 3 heteroatoms. The maximum absolute atomic E-state index is 5.87. The second-order valence-corrected chi connectivity index (χ2v) is 5.25. The number of hydrogen-bond acceptors (Lipinski definition) is 2. The number of aromatic nitrogens is 2. The van der Waals surface area contributed by atoms with E-state index in [9.17, 15) is 0 Å². The van der Waals surface area contributed by atoms with Crippen molar-refractivity contribution in [1.82, 2.24) is 9.55 Å². The van der Waals surface area contributed by atoms with Crippen LogP contribution in [0.5, 0.6) is 5.75 Å². The van der Waals surface area contributed by atoms with Crippen molar-refractivity contribution in [3.8, 4) is 5.75 Å². The summed E-state index contributed by atoms with van der Waals surface area (Å²) in [5.41, 5.74) is 2.21. The molecule has 0 unspecified atom stereocenters. The van der Waals surface area contributed by atoms with Crippen LogP contribution < -0.4 is 4.74 Å². The van der Waals surface area contributed by atoms with E-state index in [-0.39, 0.29) is 0 Å². The van der Waals surface area contributed by atoms with Crippen LogP contribution in [-0.4, -0.2) is 9.55 Å². The summed E-state index contributed by atoms with van der Waals surface area (Å²) in [6, 6.07) is 18.6. The fourth-order valence-corrected chi connectivity index (χ4v) is 2.54. The highest BCUT2D eigenvalue weighted by atomic mass is 16.5. The van der Waals surface area contributed by atoms with Gasteiger partial charge in [0.05, 0.1) is 11.0 Å². The summed E-state index contributed by atoms with van der Waals surface area (Å²) in [6.45, 7) is 4.91. The van der Waals surface area contributed by atoms with Gasteiger partial charge in [0.25, 0.3) is 0 Å². The van der Waals surface area contributed by atoms with E-state index in [0.29, 0.717) is 12.6 Å². The van der Waals surface area contributed by atoms with Crippen molar-refractivity contribution in [2.75, 3.05) is 0 Å². The average Bonchev–Trinajstić information content (AvgIpc) is 2.91. The molecular weight excluding hydrogens is 260 g/mol. The predicted octanol–water partition coefficient (Wildman–Crippen LogP) is 4.59. The average molecular weight is 280 g/mol. The summed E-state index contributed by atoms with van der Waals surface area (Å²) in [4.78, 5) is 4.73. The first kappa shape index (κ1) is 13.7. The summed E-state index contributed by atoms with van der Waals surface area (Å²) in [6.07, 6.45) is 1.07. The molecular formula is C18H20N2O. The molecule has 0 saturated carbocycles. The van der Waals surface area contributed by atoms with Gasteiger partial charge in [0, 0.05) is 6.04 Å². The fourth-order valence-electron chi connectivity index (χ4n) is 2.54. The summed E-state index contributed by atoms with van der Waals surface area (Å²) in [7, 11) is 0. The third kappa shape index (κ3) is 2.77. The summed E-state index contributed by atoms with van der Waals surface area (Å²) < 4.78 is 8.16. The van der Waals surface area contributed by atoms with Crippen LogP contribution in [-0.2, 0) is 6.61 Å². The highest BCUT2D eigenvalue weighted by molar-refractivity contribution is 5.76. The molecule has 3 rings (SSSR count). The van der Waals surface area contributed by atoms with Gasteiger partial charge in [-0.1, -0.05) is 37.3 Å². The third-order valence-electron chi connectivity index (χ3n) is 3.81. The Labute approximate surface area is 125 Å². The number of para-hydroxylation sites is 3. The minimum atomic E-state index is 0.409. The molecule has 3 aromatic rings. The molecule has 1 heterocycles.